The second kappa shape index (κ2) is 5.82. The Bertz CT molecular complexity index is 406. The summed E-state index contributed by atoms with van der Waals surface area (Å²) >= 11 is 4.77. The highest BCUT2D eigenvalue weighted by atomic mass is 32.1. The van der Waals surface area contributed by atoms with E-state index in [1.165, 1.54) is 7.05 Å². The van der Waals surface area contributed by atoms with Crippen LogP contribution in [0.5, 0.6) is 0 Å². The van der Waals surface area contributed by atoms with Crippen LogP contribution in [0.25, 0.3) is 0 Å². The predicted octanol–water partition coefficient (Wildman–Crippen LogP) is 0.630. The zero-order valence-electron chi connectivity index (χ0n) is 8.61. The Labute approximate surface area is 98.2 Å². The third-order valence-electron chi connectivity index (χ3n) is 1.72. The molecule has 0 spiro atoms. The Morgan fingerprint density at radius 1 is 1.12 bits per heavy atom. The summed E-state index contributed by atoms with van der Waals surface area (Å²) in [5, 5.41) is 6.95. The number of carbonyl (C=O) groups excluding carboxylic acids is 2. The Hall–Kier alpha value is -1.95. The summed E-state index contributed by atoms with van der Waals surface area (Å²) in [5.74, 6) is -0.359. The maximum absolute atomic E-state index is 11.6. The molecule has 6 heteroatoms. The molecule has 0 saturated heterocycles. The topological polar surface area (TPSA) is 70.2 Å². The molecule has 0 aliphatic rings. The van der Waals surface area contributed by atoms with Crippen molar-refractivity contribution in [3.05, 3.63) is 35.9 Å². The lowest BCUT2D eigenvalue weighted by atomic mass is 10.2. The van der Waals surface area contributed by atoms with E-state index in [1.807, 2.05) is 0 Å². The number of hydrogen-bond donors (Lipinski definition) is 3. The molecule has 0 saturated carbocycles. The molecule has 1 rings (SSSR count). The maximum atomic E-state index is 11.6. The summed E-state index contributed by atoms with van der Waals surface area (Å²) in [5.41, 5.74) is 0.476. The van der Waals surface area contributed by atoms with Gasteiger partial charge in [0.05, 0.1) is 0 Å². The van der Waals surface area contributed by atoms with Crippen molar-refractivity contribution in [1.29, 1.82) is 0 Å². The van der Waals surface area contributed by atoms with Crippen LogP contribution in [0.3, 0.4) is 0 Å². The molecule has 5 nitrogen and oxygen atoms in total. The lowest BCUT2D eigenvalue weighted by Crippen LogP contribution is -2.45. The van der Waals surface area contributed by atoms with Gasteiger partial charge in [0.2, 0.25) is 0 Å². The Morgan fingerprint density at radius 3 is 2.31 bits per heavy atom. The minimum absolute atomic E-state index is 0.0341. The van der Waals surface area contributed by atoms with Gasteiger partial charge < -0.3 is 5.32 Å². The smallest absolute Gasteiger partial charge is 0.320 e. The highest BCUT2D eigenvalue weighted by Crippen LogP contribution is 1.97. The fourth-order valence-electron chi connectivity index (χ4n) is 0.962. The molecule has 1 aromatic carbocycles. The van der Waals surface area contributed by atoms with Gasteiger partial charge in [-0.2, -0.15) is 0 Å². The van der Waals surface area contributed by atoms with Crippen LogP contribution in [0.2, 0.25) is 0 Å². The van der Waals surface area contributed by atoms with Gasteiger partial charge in [0, 0.05) is 12.6 Å². The maximum Gasteiger partial charge on any atom is 0.320 e. The van der Waals surface area contributed by atoms with Gasteiger partial charge >= 0.3 is 6.03 Å². The molecule has 16 heavy (non-hydrogen) atoms. The SMILES string of the molecule is CNC(=O)NC(=S)NC(=O)c1ccccc1. The molecule has 0 heterocycles. The number of carbonyl (C=O) groups is 2. The monoisotopic (exact) mass is 237 g/mol. The van der Waals surface area contributed by atoms with Crippen LogP contribution < -0.4 is 16.0 Å². The number of thiocarbonyl (C=S) groups is 1. The lowest BCUT2D eigenvalue weighted by molar-refractivity contribution is 0.0977. The Kier molecular flexibility index (Phi) is 4.41. The van der Waals surface area contributed by atoms with E-state index in [-0.39, 0.29) is 11.0 Å². The van der Waals surface area contributed by atoms with Crippen molar-refractivity contribution in [1.82, 2.24) is 16.0 Å². The Morgan fingerprint density at radius 2 is 1.75 bits per heavy atom. The minimum atomic E-state index is -0.474. The third kappa shape index (κ3) is 3.66. The van der Waals surface area contributed by atoms with Gasteiger partial charge in [0.25, 0.3) is 5.91 Å². The van der Waals surface area contributed by atoms with Gasteiger partial charge in [-0.15, -0.1) is 0 Å². The van der Waals surface area contributed by atoms with Crippen LogP contribution in [0.15, 0.2) is 30.3 Å². The summed E-state index contributed by atoms with van der Waals surface area (Å²) in [6.45, 7) is 0. The van der Waals surface area contributed by atoms with E-state index in [0.29, 0.717) is 5.56 Å². The highest BCUT2D eigenvalue weighted by molar-refractivity contribution is 7.80. The van der Waals surface area contributed by atoms with Crippen molar-refractivity contribution in [3.63, 3.8) is 0 Å². The van der Waals surface area contributed by atoms with Crippen LogP contribution in [0.4, 0.5) is 4.79 Å². The van der Waals surface area contributed by atoms with E-state index in [1.54, 1.807) is 30.3 Å². The molecule has 0 aliphatic carbocycles. The quantitative estimate of drug-likeness (QED) is 0.627. The van der Waals surface area contributed by atoms with Crippen LogP contribution in [-0.2, 0) is 0 Å². The Balaban J connectivity index is 2.52. The molecule has 3 amide bonds. The van der Waals surface area contributed by atoms with Gasteiger partial charge in [0.1, 0.15) is 0 Å². The molecule has 0 unspecified atom stereocenters. The van der Waals surface area contributed by atoms with Crippen LogP contribution in [-0.4, -0.2) is 24.1 Å². The zero-order chi connectivity index (χ0) is 12.0. The molecule has 0 bridgehead atoms. The van der Waals surface area contributed by atoms with Gasteiger partial charge in [-0.3, -0.25) is 15.4 Å². The van der Waals surface area contributed by atoms with Gasteiger partial charge in [-0.05, 0) is 24.4 Å². The van der Waals surface area contributed by atoms with E-state index in [4.69, 9.17) is 12.2 Å². The van der Waals surface area contributed by atoms with Crippen molar-refractivity contribution >= 4 is 29.3 Å². The van der Waals surface area contributed by atoms with Crippen molar-refractivity contribution in [2.24, 2.45) is 0 Å². The van der Waals surface area contributed by atoms with E-state index in [0.717, 1.165) is 0 Å². The predicted molar refractivity (Wildman–Crippen MR) is 64.1 cm³/mol. The average Bonchev–Trinajstić information content (AvgIpc) is 2.29. The summed E-state index contributed by atoms with van der Waals surface area (Å²) in [6.07, 6.45) is 0. The summed E-state index contributed by atoms with van der Waals surface area (Å²) in [7, 11) is 1.46. The molecule has 3 N–H and O–H groups in total. The number of amides is 3. The third-order valence-corrected chi connectivity index (χ3v) is 1.92. The standard InChI is InChI=1S/C10H11N3O2S/c1-11-9(15)13-10(16)12-8(14)7-5-3-2-4-6-7/h2-6H,1H3,(H3,11,12,13,14,15,16). The molecule has 0 atom stereocenters. The molecule has 1 aromatic rings. The van der Waals surface area contributed by atoms with E-state index in [2.05, 4.69) is 16.0 Å². The number of rotatable bonds is 1. The van der Waals surface area contributed by atoms with Gasteiger partial charge in [0.15, 0.2) is 5.11 Å². The number of hydrogen-bond acceptors (Lipinski definition) is 3. The second-order valence-corrected chi connectivity index (χ2v) is 3.26. The summed E-state index contributed by atoms with van der Waals surface area (Å²) in [6, 6.07) is 8.11. The highest BCUT2D eigenvalue weighted by Gasteiger charge is 2.08. The fourth-order valence-corrected chi connectivity index (χ4v) is 1.15. The fraction of sp³-hybridized carbons (Fsp3) is 0.100. The molecule has 0 radical (unpaired) electrons. The van der Waals surface area contributed by atoms with Crippen molar-refractivity contribution in [3.8, 4) is 0 Å². The largest absolute Gasteiger partial charge is 0.341 e. The molecular weight excluding hydrogens is 226 g/mol. The van der Waals surface area contributed by atoms with Gasteiger partial charge in [-0.25, -0.2) is 4.79 Å². The summed E-state index contributed by atoms with van der Waals surface area (Å²) < 4.78 is 0. The van der Waals surface area contributed by atoms with Crippen molar-refractivity contribution in [2.45, 2.75) is 0 Å². The van der Waals surface area contributed by atoms with E-state index < -0.39 is 6.03 Å². The molecular formula is C10H11N3O2S. The first kappa shape index (κ1) is 12.1. The van der Waals surface area contributed by atoms with Crippen LogP contribution >= 0.6 is 12.2 Å². The summed E-state index contributed by atoms with van der Waals surface area (Å²) in [4.78, 5) is 22.4. The average molecular weight is 237 g/mol. The van der Waals surface area contributed by atoms with Crippen LogP contribution in [0, 0.1) is 0 Å². The number of urea groups is 1. The number of nitrogens with one attached hydrogen (secondary N) is 3. The first-order valence-electron chi connectivity index (χ1n) is 4.52. The lowest BCUT2D eigenvalue weighted by Gasteiger charge is -2.07. The van der Waals surface area contributed by atoms with Crippen molar-refractivity contribution in [2.75, 3.05) is 7.05 Å². The van der Waals surface area contributed by atoms with Crippen LogP contribution in [0.1, 0.15) is 10.4 Å². The molecule has 0 aromatic heterocycles. The second-order valence-electron chi connectivity index (χ2n) is 2.85. The van der Waals surface area contributed by atoms with E-state index in [9.17, 15) is 9.59 Å². The zero-order valence-corrected chi connectivity index (χ0v) is 9.43. The van der Waals surface area contributed by atoms with E-state index >= 15 is 0 Å². The van der Waals surface area contributed by atoms with Crippen molar-refractivity contribution < 1.29 is 9.59 Å². The first-order chi connectivity index (χ1) is 7.63. The molecule has 84 valence electrons. The normalized spacial score (nSPS) is 9.06. The molecule has 0 fully saturated rings. The van der Waals surface area contributed by atoms with Gasteiger partial charge in [-0.1, -0.05) is 18.2 Å². The molecule has 0 aliphatic heterocycles. The minimum Gasteiger partial charge on any atom is -0.341 e. The number of benzene rings is 1. The first-order valence-corrected chi connectivity index (χ1v) is 4.93.